The van der Waals surface area contributed by atoms with Crippen LogP contribution in [0.4, 0.5) is 18.0 Å². The molecule has 0 fully saturated rings. The number of aliphatic imine (C=N–C) groups is 1. The fourth-order valence-electron chi connectivity index (χ4n) is 4.01. The summed E-state index contributed by atoms with van der Waals surface area (Å²) >= 11 is 12.1. The maximum atomic E-state index is 13.3. The first-order chi connectivity index (χ1) is 18.5. The number of halogens is 5. The van der Waals surface area contributed by atoms with Gasteiger partial charge in [-0.05, 0) is 67.2 Å². The molecule has 1 heterocycles. The number of hydrogen-bond acceptors (Lipinski definition) is 4. The van der Waals surface area contributed by atoms with Crippen LogP contribution in [0, 0.1) is 0 Å². The third kappa shape index (κ3) is 7.21. The molecule has 3 aromatic carbocycles. The summed E-state index contributed by atoms with van der Waals surface area (Å²) in [6.07, 6.45) is -5.91. The number of nitrogens with one attached hydrogen (secondary N) is 1. The van der Waals surface area contributed by atoms with Gasteiger partial charge in [-0.1, -0.05) is 47.5 Å². The zero-order valence-corrected chi connectivity index (χ0v) is 22.4. The van der Waals surface area contributed by atoms with E-state index in [-0.39, 0.29) is 30.5 Å². The standard InChI is InChI=1S/C25H19Cl2F3N2O3.C2H6NO/c1-2-35-20-13-16(25(28,29)30)7-12-19(20)23-31-21(14-3-8-17(26)9-4-14)22(32(23)24(33)34)15-5-10-18(27)11-6-15;1-4-2-3/h3-13,21-22H,2H2,1H3,(H,33,34);3H,2H2,1H3/q;-1. The van der Waals surface area contributed by atoms with Crippen LogP contribution in [0.15, 0.2) is 71.7 Å². The van der Waals surface area contributed by atoms with Crippen molar-refractivity contribution in [3.63, 3.8) is 0 Å². The monoisotopic (exact) mass is 582 g/mol. The molecule has 1 aliphatic rings. The molecule has 2 unspecified atom stereocenters. The molecule has 0 bridgehead atoms. The minimum Gasteiger partial charge on any atom is -0.655 e. The topological polar surface area (TPSA) is 95.2 Å². The molecule has 39 heavy (non-hydrogen) atoms. The number of ether oxygens (including phenoxy) is 2. The van der Waals surface area contributed by atoms with Gasteiger partial charge in [0.25, 0.3) is 0 Å². The van der Waals surface area contributed by atoms with Gasteiger partial charge in [-0.25, -0.2) is 4.79 Å². The molecular formula is C27H25Cl2F3N3O4-. The molecule has 0 saturated carbocycles. The first-order valence-electron chi connectivity index (χ1n) is 11.6. The summed E-state index contributed by atoms with van der Waals surface area (Å²) in [6.45, 7) is 1.78. The number of benzene rings is 3. The maximum Gasteiger partial charge on any atom is 0.416 e. The van der Waals surface area contributed by atoms with Gasteiger partial charge >= 0.3 is 12.3 Å². The van der Waals surface area contributed by atoms with Gasteiger partial charge < -0.3 is 20.3 Å². The van der Waals surface area contributed by atoms with E-state index in [1.807, 2.05) is 0 Å². The number of hydrogen-bond donors (Lipinski definition) is 1. The van der Waals surface area contributed by atoms with Crippen molar-refractivity contribution in [1.29, 1.82) is 0 Å². The predicted molar refractivity (Wildman–Crippen MR) is 144 cm³/mol. The highest BCUT2D eigenvalue weighted by molar-refractivity contribution is 6.30. The highest BCUT2D eigenvalue weighted by Gasteiger charge is 2.43. The van der Waals surface area contributed by atoms with Gasteiger partial charge in [-0.2, -0.15) is 13.2 Å². The predicted octanol–water partition coefficient (Wildman–Crippen LogP) is 8.28. The van der Waals surface area contributed by atoms with E-state index in [1.165, 1.54) is 13.2 Å². The minimum atomic E-state index is -4.59. The molecule has 7 nitrogen and oxygen atoms in total. The number of carboxylic acid groups (broad SMARTS) is 1. The number of carbonyl (C=O) groups is 1. The summed E-state index contributed by atoms with van der Waals surface area (Å²) in [5, 5.41) is 11.2. The number of nitrogens with zero attached hydrogens (tertiary/aromatic N) is 2. The number of rotatable bonds is 6. The molecule has 0 aromatic heterocycles. The van der Waals surface area contributed by atoms with Gasteiger partial charge in [-0.3, -0.25) is 9.89 Å². The lowest BCUT2D eigenvalue weighted by Gasteiger charge is -2.27. The van der Waals surface area contributed by atoms with E-state index in [0.29, 0.717) is 21.2 Å². The van der Waals surface area contributed by atoms with Crippen molar-refractivity contribution in [2.45, 2.75) is 25.2 Å². The van der Waals surface area contributed by atoms with Gasteiger partial charge in [-0.15, -0.1) is 0 Å². The molecule has 1 amide bonds. The Morgan fingerprint density at radius 2 is 1.56 bits per heavy atom. The molecule has 0 spiro atoms. The molecule has 0 saturated heterocycles. The fraction of sp³-hybridized carbons (Fsp3) is 0.259. The quantitative estimate of drug-likeness (QED) is 0.316. The minimum absolute atomic E-state index is 0.0189. The lowest BCUT2D eigenvalue weighted by atomic mass is 9.94. The third-order valence-electron chi connectivity index (χ3n) is 5.69. The molecule has 2 N–H and O–H groups in total. The average molecular weight is 583 g/mol. The Morgan fingerprint density at radius 1 is 1.03 bits per heavy atom. The summed E-state index contributed by atoms with van der Waals surface area (Å²) in [4.78, 5) is 18.3. The Balaban J connectivity index is 0.000000983. The third-order valence-corrected chi connectivity index (χ3v) is 6.19. The summed E-state index contributed by atoms with van der Waals surface area (Å²) in [6, 6.07) is 14.9. The van der Waals surface area contributed by atoms with E-state index in [1.54, 1.807) is 55.5 Å². The van der Waals surface area contributed by atoms with Gasteiger partial charge in [0.2, 0.25) is 0 Å². The van der Waals surface area contributed by atoms with Crippen molar-refractivity contribution in [3.05, 3.63) is 105 Å². The number of alkyl halides is 3. The molecule has 2 atom stereocenters. The van der Waals surface area contributed by atoms with Crippen LogP contribution < -0.4 is 4.74 Å². The van der Waals surface area contributed by atoms with Crippen LogP contribution in [-0.2, 0) is 10.9 Å². The lowest BCUT2D eigenvalue weighted by Crippen LogP contribution is -2.37. The van der Waals surface area contributed by atoms with Gasteiger partial charge in [0.05, 0.1) is 23.8 Å². The molecule has 4 rings (SSSR count). The first kappa shape index (κ1) is 30.2. The Morgan fingerprint density at radius 3 is 2.03 bits per heavy atom. The lowest BCUT2D eigenvalue weighted by molar-refractivity contribution is -0.137. The molecule has 0 radical (unpaired) electrons. The second kappa shape index (κ2) is 13.2. The second-order valence-electron chi connectivity index (χ2n) is 8.17. The van der Waals surface area contributed by atoms with Crippen LogP contribution in [0.2, 0.25) is 10.0 Å². The van der Waals surface area contributed by atoms with E-state index in [4.69, 9.17) is 38.7 Å². The van der Waals surface area contributed by atoms with Gasteiger partial charge in [0.1, 0.15) is 17.6 Å². The first-order valence-corrected chi connectivity index (χ1v) is 12.4. The summed E-state index contributed by atoms with van der Waals surface area (Å²) < 4.78 is 49.7. The Bertz CT molecular complexity index is 1300. The van der Waals surface area contributed by atoms with E-state index >= 15 is 0 Å². The summed E-state index contributed by atoms with van der Waals surface area (Å²) in [5.74, 6) is -0.131. The van der Waals surface area contributed by atoms with Gasteiger partial charge in [0, 0.05) is 17.2 Å². The van der Waals surface area contributed by atoms with Crippen LogP contribution in [0.5, 0.6) is 5.75 Å². The zero-order valence-electron chi connectivity index (χ0n) is 20.9. The molecule has 0 aliphatic carbocycles. The molecular weight excluding hydrogens is 558 g/mol. The number of amidine groups is 1. The van der Waals surface area contributed by atoms with Crippen LogP contribution in [0.25, 0.3) is 5.73 Å². The Hall–Kier alpha value is -3.31. The molecule has 208 valence electrons. The van der Waals surface area contributed by atoms with Gasteiger partial charge in [0.15, 0.2) is 0 Å². The summed E-state index contributed by atoms with van der Waals surface area (Å²) in [7, 11) is 1.49. The van der Waals surface area contributed by atoms with Crippen molar-refractivity contribution < 1.29 is 32.5 Å². The smallest absolute Gasteiger partial charge is 0.416 e. The largest absolute Gasteiger partial charge is 0.655 e. The maximum absolute atomic E-state index is 13.3. The number of methoxy groups -OCH3 is 1. The van der Waals surface area contributed by atoms with Crippen molar-refractivity contribution in [2.75, 3.05) is 20.4 Å². The molecule has 1 aliphatic heterocycles. The van der Waals surface area contributed by atoms with E-state index < -0.39 is 29.9 Å². The molecule has 12 heteroatoms. The van der Waals surface area contributed by atoms with Crippen molar-refractivity contribution in [1.82, 2.24) is 4.90 Å². The molecule has 3 aromatic rings. The van der Waals surface area contributed by atoms with Crippen molar-refractivity contribution in [2.24, 2.45) is 4.99 Å². The van der Waals surface area contributed by atoms with Crippen molar-refractivity contribution in [3.8, 4) is 5.75 Å². The number of amides is 1. The Kier molecular flexibility index (Phi) is 10.2. The van der Waals surface area contributed by atoms with E-state index in [0.717, 1.165) is 17.0 Å². The Labute approximate surface area is 233 Å². The van der Waals surface area contributed by atoms with Crippen molar-refractivity contribution >= 4 is 35.1 Å². The van der Waals surface area contributed by atoms with E-state index in [9.17, 15) is 23.1 Å². The van der Waals surface area contributed by atoms with Crippen LogP contribution in [0.1, 0.15) is 41.3 Å². The van der Waals surface area contributed by atoms with E-state index in [2.05, 4.69) is 4.74 Å². The van der Waals surface area contributed by atoms with Crippen LogP contribution >= 0.6 is 23.2 Å². The second-order valence-corrected chi connectivity index (χ2v) is 9.05. The van der Waals surface area contributed by atoms with Crippen LogP contribution in [0.3, 0.4) is 0 Å². The normalized spacial score (nSPS) is 16.8. The highest BCUT2D eigenvalue weighted by Crippen LogP contribution is 2.45. The zero-order chi connectivity index (χ0) is 28.7. The average Bonchev–Trinajstić information content (AvgIpc) is 3.30. The summed E-state index contributed by atoms with van der Waals surface area (Å²) in [5.41, 5.74) is 6.75. The van der Waals surface area contributed by atoms with Crippen LogP contribution in [-0.4, -0.2) is 42.4 Å². The SMILES string of the molecule is CCOc1cc(C(F)(F)F)ccc1C1=NC(c2ccc(Cl)cc2)C(c2ccc(Cl)cc2)N1C(=O)O.COC[NH-]. The fourth-order valence-corrected chi connectivity index (χ4v) is 4.26. The highest BCUT2D eigenvalue weighted by atomic mass is 35.5.